The first-order chi connectivity index (χ1) is 18.7. The summed E-state index contributed by atoms with van der Waals surface area (Å²) in [6.45, 7) is 9.25. The molecule has 10 heteroatoms. The van der Waals surface area contributed by atoms with Gasteiger partial charge in [-0.15, -0.1) is 0 Å². The molecule has 39 heavy (non-hydrogen) atoms. The number of aryl methyl sites for hydroxylation is 1. The van der Waals surface area contributed by atoms with Gasteiger partial charge >= 0.3 is 5.69 Å². The fourth-order valence-electron chi connectivity index (χ4n) is 4.59. The highest BCUT2D eigenvalue weighted by molar-refractivity contribution is 5.81. The molecular weight excluding hydrogens is 494 g/mol. The number of nitrogens with zero attached hydrogens (tertiary/aromatic N) is 4. The topological polar surface area (TPSA) is 127 Å². The lowest BCUT2D eigenvalue weighted by molar-refractivity contribution is -0.128. The van der Waals surface area contributed by atoms with Crippen LogP contribution < -0.4 is 21.9 Å². The normalized spacial score (nSPS) is 13.5. The summed E-state index contributed by atoms with van der Waals surface area (Å²) < 4.78 is 3.66. The number of fused-ring (bicyclic) bond motifs is 1. The van der Waals surface area contributed by atoms with Crippen molar-refractivity contribution in [3.63, 3.8) is 0 Å². The fourth-order valence-corrected chi connectivity index (χ4v) is 4.59. The summed E-state index contributed by atoms with van der Waals surface area (Å²) in [6.07, 6.45) is 4.48. The molecule has 5 rings (SSSR count). The third-order valence-corrected chi connectivity index (χ3v) is 6.80. The standard InChI is InChI=1S/C29H35N7O3/c1-5-13-35-26-23(25(37)34-28(35)39)33-24(36(26)21-10-11-21)20-9-12-22(31-17-20)30-15-18-7-6-8-19(14-18)16-32-27(38)29(2,3)4/h6-9,12,14,17,21H,5,10-11,13,15-16H2,1-4H3,(H,30,31)(H,32,38)(H,34,37,39). The second-order valence-corrected chi connectivity index (χ2v) is 11.2. The van der Waals surface area contributed by atoms with Gasteiger partial charge in [-0.1, -0.05) is 52.0 Å². The summed E-state index contributed by atoms with van der Waals surface area (Å²) >= 11 is 0. The van der Waals surface area contributed by atoms with E-state index in [2.05, 4.69) is 31.7 Å². The number of H-pyrrole nitrogens is 1. The van der Waals surface area contributed by atoms with Crippen molar-refractivity contribution in [3.05, 3.63) is 74.6 Å². The lowest BCUT2D eigenvalue weighted by Crippen LogP contribution is -2.34. The number of hydrogen-bond acceptors (Lipinski definition) is 6. The highest BCUT2D eigenvalue weighted by atomic mass is 16.2. The maximum absolute atomic E-state index is 12.6. The average molecular weight is 530 g/mol. The number of carbonyl (C=O) groups is 1. The van der Waals surface area contributed by atoms with E-state index in [1.807, 2.05) is 62.6 Å². The van der Waals surface area contributed by atoms with Crippen molar-refractivity contribution < 1.29 is 4.79 Å². The quantitative estimate of drug-likeness (QED) is 0.301. The summed E-state index contributed by atoms with van der Waals surface area (Å²) in [4.78, 5) is 49.1. The van der Waals surface area contributed by atoms with Gasteiger partial charge in [0, 0.05) is 42.9 Å². The molecule has 10 nitrogen and oxygen atoms in total. The van der Waals surface area contributed by atoms with Crippen molar-refractivity contribution >= 4 is 22.9 Å². The molecule has 0 radical (unpaired) electrons. The van der Waals surface area contributed by atoms with Crippen LogP contribution in [-0.2, 0) is 24.4 Å². The molecule has 0 unspecified atom stereocenters. The first-order valence-electron chi connectivity index (χ1n) is 13.5. The minimum Gasteiger partial charge on any atom is -0.366 e. The van der Waals surface area contributed by atoms with Gasteiger partial charge in [0.15, 0.2) is 11.2 Å². The molecule has 4 aromatic rings. The Labute approximate surface area is 226 Å². The first kappa shape index (κ1) is 26.4. The molecule has 1 amide bonds. The van der Waals surface area contributed by atoms with Crippen LogP contribution in [0, 0.1) is 5.41 Å². The van der Waals surface area contributed by atoms with Crippen molar-refractivity contribution in [1.82, 2.24) is 29.4 Å². The molecule has 1 aliphatic rings. The average Bonchev–Trinajstić information content (AvgIpc) is 3.67. The fraction of sp³-hybridized carbons (Fsp3) is 0.414. The lowest BCUT2D eigenvalue weighted by Gasteiger charge is -2.17. The number of amides is 1. The summed E-state index contributed by atoms with van der Waals surface area (Å²) in [5.74, 6) is 1.38. The molecule has 0 atom stereocenters. The third kappa shape index (κ3) is 5.64. The van der Waals surface area contributed by atoms with Gasteiger partial charge in [-0.05, 0) is 42.5 Å². The maximum atomic E-state index is 12.6. The predicted octanol–water partition coefficient (Wildman–Crippen LogP) is 3.97. The number of aromatic nitrogens is 5. The molecule has 0 saturated heterocycles. The monoisotopic (exact) mass is 529 g/mol. The largest absolute Gasteiger partial charge is 0.366 e. The zero-order valence-electron chi connectivity index (χ0n) is 22.9. The van der Waals surface area contributed by atoms with E-state index in [0.717, 1.165) is 36.0 Å². The van der Waals surface area contributed by atoms with Crippen LogP contribution in [0.15, 0.2) is 52.2 Å². The highest BCUT2D eigenvalue weighted by Gasteiger charge is 2.31. The number of nitrogens with one attached hydrogen (secondary N) is 3. The molecule has 204 valence electrons. The molecule has 3 N–H and O–H groups in total. The van der Waals surface area contributed by atoms with Gasteiger partial charge in [-0.25, -0.2) is 14.8 Å². The first-order valence-corrected chi connectivity index (χ1v) is 13.5. The number of aromatic amines is 1. The lowest BCUT2D eigenvalue weighted by atomic mass is 9.95. The van der Waals surface area contributed by atoms with E-state index in [0.29, 0.717) is 36.9 Å². The molecule has 0 spiro atoms. The minimum absolute atomic E-state index is 0.0174. The van der Waals surface area contributed by atoms with E-state index in [1.54, 1.807) is 10.8 Å². The Morgan fingerprint density at radius 2 is 1.85 bits per heavy atom. The van der Waals surface area contributed by atoms with Crippen molar-refractivity contribution in [3.8, 4) is 11.4 Å². The van der Waals surface area contributed by atoms with E-state index in [4.69, 9.17) is 0 Å². The van der Waals surface area contributed by atoms with E-state index in [-0.39, 0.29) is 17.5 Å². The number of pyridine rings is 1. The van der Waals surface area contributed by atoms with Crippen molar-refractivity contribution in [1.29, 1.82) is 0 Å². The van der Waals surface area contributed by atoms with Gasteiger partial charge in [0.1, 0.15) is 11.6 Å². The molecule has 3 heterocycles. The number of carbonyl (C=O) groups excluding carboxylic acids is 1. The predicted molar refractivity (Wildman–Crippen MR) is 151 cm³/mol. The van der Waals surface area contributed by atoms with Crippen LogP contribution in [0.5, 0.6) is 0 Å². The molecule has 3 aromatic heterocycles. The van der Waals surface area contributed by atoms with Crippen LogP contribution >= 0.6 is 0 Å². The van der Waals surface area contributed by atoms with Crippen LogP contribution in [0.4, 0.5) is 5.82 Å². The second kappa shape index (κ2) is 10.5. The molecule has 1 fully saturated rings. The Morgan fingerprint density at radius 3 is 2.49 bits per heavy atom. The molecule has 0 aliphatic heterocycles. The van der Waals surface area contributed by atoms with Gasteiger partial charge in [0.2, 0.25) is 5.91 Å². The van der Waals surface area contributed by atoms with Gasteiger partial charge in [0.05, 0.1) is 0 Å². The second-order valence-electron chi connectivity index (χ2n) is 11.2. The van der Waals surface area contributed by atoms with Crippen LogP contribution in [-0.4, -0.2) is 30.0 Å². The molecule has 1 aliphatic carbocycles. The van der Waals surface area contributed by atoms with Gasteiger partial charge in [-0.3, -0.25) is 19.1 Å². The maximum Gasteiger partial charge on any atom is 0.330 e. The van der Waals surface area contributed by atoms with E-state index >= 15 is 0 Å². The van der Waals surface area contributed by atoms with E-state index in [1.165, 1.54) is 0 Å². The Bertz CT molecular complexity index is 1620. The van der Waals surface area contributed by atoms with Crippen LogP contribution in [0.2, 0.25) is 0 Å². The summed E-state index contributed by atoms with van der Waals surface area (Å²) in [7, 11) is 0. The summed E-state index contributed by atoms with van der Waals surface area (Å²) in [5.41, 5.74) is 2.48. The number of benzene rings is 1. The number of anilines is 1. The smallest absolute Gasteiger partial charge is 0.330 e. The minimum atomic E-state index is -0.463. The zero-order valence-corrected chi connectivity index (χ0v) is 22.9. The number of hydrogen-bond donors (Lipinski definition) is 3. The Hall–Kier alpha value is -4.21. The molecule has 0 bridgehead atoms. The molecule has 1 saturated carbocycles. The molecular formula is C29H35N7O3. The van der Waals surface area contributed by atoms with E-state index < -0.39 is 16.7 Å². The number of rotatable bonds is 9. The van der Waals surface area contributed by atoms with Gasteiger partial charge < -0.3 is 15.2 Å². The Morgan fingerprint density at radius 1 is 1.10 bits per heavy atom. The van der Waals surface area contributed by atoms with Gasteiger partial charge in [-0.2, -0.15) is 0 Å². The van der Waals surface area contributed by atoms with Crippen molar-refractivity contribution in [2.75, 3.05) is 5.32 Å². The summed E-state index contributed by atoms with van der Waals surface area (Å²) in [6, 6.07) is 12.1. The van der Waals surface area contributed by atoms with Crippen molar-refractivity contribution in [2.24, 2.45) is 5.41 Å². The number of imidazole rings is 1. The Balaban J connectivity index is 1.34. The summed E-state index contributed by atoms with van der Waals surface area (Å²) in [5, 5.41) is 6.33. The third-order valence-electron chi connectivity index (χ3n) is 6.80. The van der Waals surface area contributed by atoms with Gasteiger partial charge in [0.25, 0.3) is 5.56 Å². The van der Waals surface area contributed by atoms with E-state index in [9.17, 15) is 14.4 Å². The highest BCUT2D eigenvalue weighted by Crippen LogP contribution is 2.40. The Kier molecular flexibility index (Phi) is 7.12. The SMILES string of the molecule is CCCn1c(=O)[nH]c(=O)c2nc(-c3ccc(NCc4cccc(CNC(=O)C(C)(C)C)c4)nc3)n(C3CC3)c21. The van der Waals surface area contributed by atoms with Crippen LogP contribution in [0.25, 0.3) is 22.6 Å². The molecule has 1 aromatic carbocycles. The van der Waals surface area contributed by atoms with Crippen LogP contribution in [0.1, 0.15) is 64.1 Å². The zero-order chi connectivity index (χ0) is 27.7. The van der Waals surface area contributed by atoms with Crippen molar-refractivity contribution in [2.45, 2.75) is 72.6 Å². The van der Waals surface area contributed by atoms with Crippen LogP contribution in [0.3, 0.4) is 0 Å².